The van der Waals surface area contributed by atoms with Gasteiger partial charge in [-0.15, -0.1) is 0 Å². The number of nitrogens with two attached hydrogens (primary N) is 2. The molecule has 7 heteroatoms. The summed E-state index contributed by atoms with van der Waals surface area (Å²) in [7, 11) is 5.23. The summed E-state index contributed by atoms with van der Waals surface area (Å²) in [5, 5.41) is 0. The van der Waals surface area contributed by atoms with Crippen molar-refractivity contribution in [3.63, 3.8) is 0 Å². The monoisotopic (exact) mass is 435 g/mol. The Kier molecular flexibility index (Phi) is 7.30. The lowest BCUT2D eigenvalue weighted by Gasteiger charge is -2.25. The van der Waals surface area contributed by atoms with Crippen molar-refractivity contribution < 1.29 is 9.47 Å². The molecule has 0 saturated carbocycles. The molecular formula is C25H33N5O2. The summed E-state index contributed by atoms with van der Waals surface area (Å²) >= 11 is 0. The maximum Gasteiger partial charge on any atom is 0.162 e. The summed E-state index contributed by atoms with van der Waals surface area (Å²) in [5.74, 6) is 1.21. The first kappa shape index (κ1) is 23.1. The molecular weight excluding hydrogens is 402 g/mol. The van der Waals surface area contributed by atoms with Crippen LogP contribution < -0.4 is 25.8 Å². The minimum atomic E-state index is 0.586. The molecule has 32 heavy (non-hydrogen) atoms. The van der Waals surface area contributed by atoms with Crippen LogP contribution in [0.2, 0.25) is 0 Å². The average Bonchev–Trinajstić information content (AvgIpc) is 3.24. The third-order valence-electron chi connectivity index (χ3n) is 5.54. The highest BCUT2D eigenvalue weighted by atomic mass is 16.5. The van der Waals surface area contributed by atoms with Gasteiger partial charge in [-0.3, -0.25) is 0 Å². The van der Waals surface area contributed by atoms with Gasteiger partial charge in [0.15, 0.2) is 11.5 Å². The molecule has 0 spiro atoms. The Hall–Kier alpha value is -3.61. The lowest BCUT2D eigenvalue weighted by molar-refractivity contribution is 0.355. The van der Waals surface area contributed by atoms with Gasteiger partial charge < -0.3 is 30.7 Å². The van der Waals surface area contributed by atoms with Crippen LogP contribution in [0.5, 0.6) is 11.5 Å². The number of aliphatic imine (C=N–C) groups is 1. The predicted molar refractivity (Wildman–Crippen MR) is 134 cm³/mol. The van der Waals surface area contributed by atoms with Gasteiger partial charge in [0, 0.05) is 55.5 Å². The van der Waals surface area contributed by atoms with E-state index in [9.17, 15) is 0 Å². The molecule has 7 nitrogen and oxygen atoms in total. The molecule has 2 aliphatic rings. The van der Waals surface area contributed by atoms with Gasteiger partial charge in [-0.1, -0.05) is 19.9 Å². The Morgan fingerprint density at radius 2 is 1.81 bits per heavy atom. The Morgan fingerprint density at radius 3 is 2.47 bits per heavy atom. The number of likely N-dealkylation sites (N-methyl/N-ethyl adjacent to an activating group) is 1. The maximum absolute atomic E-state index is 6.34. The van der Waals surface area contributed by atoms with Crippen LogP contribution in [0.3, 0.4) is 0 Å². The van der Waals surface area contributed by atoms with Crippen molar-refractivity contribution in [2.75, 3.05) is 45.0 Å². The van der Waals surface area contributed by atoms with E-state index in [2.05, 4.69) is 33.0 Å². The van der Waals surface area contributed by atoms with E-state index in [-0.39, 0.29) is 0 Å². The number of benzene rings is 2. The molecule has 170 valence electrons. The van der Waals surface area contributed by atoms with Crippen LogP contribution in [0, 0.1) is 0 Å². The van der Waals surface area contributed by atoms with Crippen molar-refractivity contribution in [2.24, 2.45) is 10.7 Å². The Bertz CT molecular complexity index is 1060. The minimum Gasteiger partial charge on any atom is -0.493 e. The summed E-state index contributed by atoms with van der Waals surface area (Å²) < 4.78 is 10.8. The van der Waals surface area contributed by atoms with Crippen LogP contribution in [0.1, 0.15) is 30.5 Å². The SMILES string of the molecule is CC.COc1cc(N)c(/C(=C\N)N2CCc3cc(C4=CN=CN(C)C4)ccc32)cc1OC. The Labute approximate surface area is 190 Å². The number of nitrogen functional groups attached to an aromatic ring is 1. The van der Waals surface area contributed by atoms with E-state index < -0.39 is 0 Å². The fraction of sp³-hybridized carbons (Fsp3) is 0.320. The van der Waals surface area contributed by atoms with Gasteiger partial charge in [0.2, 0.25) is 0 Å². The second-order valence-corrected chi connectivity index (χ2v) is 7.43. The van der Waals surface area contributed by atoms with Crippen molar-refractivity contribution in [3.05, 3.63) is 59.4 Å². The van der Waals surface area contributed by atoms with Crippen LogP contribution in [0.15, 0.2) is 47.7 Å². The molecule has 0 amide bonds. The van der Waals surface area contributed by atoms with Crippen LogP contribution in [-0.4, -0.2) is 45.6 Å². The number of nitrogens with zero attached hydrogens (tertiary/aromatic N) is 3. The summed E-state index contributed by atoms with van der Waals surface area (Å²) in [6.07, 6.45) is 6.31. The second-order valence-electron chi connectivity index (χ2n) is 7.43. The van der Waals surface area contributed by atoms with E-state index >= 15 is 0 Å². The third kappa shape index (κ3) is 4.37. The first-order chi connectivity index (χ1) is 15.5. The van der Waals surface area contributed by atoms with Gasteiger partial charge in [-0.2, -0.15) is 0 Å². The largest absolute Gasteiger partial charge is 0.493 e. The normalized spacial score (nSPS) is 15.0. The molecule has 0 bridgehead atoms. The summed E-state index contributed by atoms with van der Waals surface area (Å²) in [6.45, 7) is 5.68. The van der Waals surface area contributed by atoms with E-state index in [1.165, 1.54) is 16.7 Å². The summed E-state index contributed by atoms with van der Waals surface area (Å²) in [6, 6.07) is 10.2. The average molecular weight is 436 g/mol. The van der Waals surface area contributed by atoms with Crippen molar-refractivity contribution in [1.82, 2.24) is 4.90 Å². The second kappa shape index (κ2) is 10.1. The van der Waals surface area contributed by atoms with Crippen LogP contribution in [0.4, 0.5) is 11.4 Å². The Balaban J connectivity index is 0.00000141. The van der Waals surface area contributed by atoms with Crippen LogP contribution in [-0.2, 0) is 6.42 Å². The zero-order chi connectivity index (χ0) is 23.3. The smallest absolute Gasteiger partial charge is 0.162 e. The number of hydrogen-bond donors (Lipinski definition) is 2. The topological polar surface area (TPSA) is 89.3 Å². The number of fused-ring (bicyclic) bond motifs is 1. The van der Waals surface area contributed by atoms with E-state index in [0.29, 0.717) is 17.2 Å². The minimum absolute atomic E-state index is 0.586. The fourth-order valence-electron chi connectivity index (χ4n) is 4.05. The van der Waals surface area contributed by atoms with E-state index in [0.717, 1.165) is 36.5 Å². The lowest BCUT2D eigenvalue weighted by Crippen LogP contribution is -2.21. The first-order valence-corrected chi connectivity index (χ1v) is 10.8. The molecule has 0 aliphatic carbocycles. The van der Waals surface area contributed by atoms with Crippen molar-refractivity contribution in [3.8, 4) is 11.5 Å². The third-order valence-corrected chi connectivity index (χ3v) is 5.54. The molecule has 0 aromatic heterocycles. The fourth-order valence-corrected chi connectivity index (χ4v) is 4.05. The number of methoxy groups -OCH3 is 2. The highest BCUT2D eigenvalue weighted by molar-refractivity contribution is 5.88. The number of rotatable bonds is 5. The van der Waals surface area contributed by atoms with Gasteiger partial charge in [0.05, 0.1) is 26.3 Å². The van der Waals surface area contributed by atoms with Gasteiger partial charge in [-0.05, 0) is 41.3 Å². The zero-order valence-electron chi connectivity index (χ0n) is 19.6. The highest BCUT2D eigenvalue weighted by Gasteiger charge is 2.25. The van der Waals surface area contributed by atoms with E-state index in [1.807, 2.05) is 39.5 Å². The zero-order valence-corrected chi connectivity index (χ0v) is 19.6. The molecule has 0 atom stereocenters. The molecule has 2 aliphatic heterocycles. The van der Waals surface area contributed by atoms with Crippen molar-refractivity contribution >= 4 is 29.0 Å². The van der Waals surface area contributed by atoms with Crippen LogP contribution in [0.25, 0.3) is 11.3 Å². The molecule has 0 fully saturated rings. The van der Waals surface area contributed by atoms with Gasteiger partial charge >= 0.3 is 0 Å². The Morgan fingerprint density at radius 1 is 1.09 bits per heavy atom. The molecule has 2 aromatic rings. The predicted octanol–water partition coefficient (Wildman–Crippen LogP) is 3.95. The number of ether oxygens (including phenoxy) is 2. The van der Waals surface area contributed by atoms with Gasteiger partial charge in [0.1, 0.15) is 0 Å². The molecule has 0 radical (unpaired) electrons. The van der Waals surface area contributed by atoms with E-state index in [4.69, 9.17) is 20.9 Å². The van der Waals surface area contributed by atoms with E-state index in [1.54, 1.807) is 26.5 Å². The van der Waals surface area contributed by atoms with Gasteiger partial charge in [-0.25, -0.2) is 4.99 Å². The standard InChI is InChI=1S/C23H27N5O2.C2H6/c1-27-13-17(12-26-14-27)15-4-5-20-16(8-15)6-7-28(20)21(11-24)18-9-22(29-2)23(30-3)10-19(18)25;1-2/h4-5,8-12,14H,6-7,13,24-25H2,1-3H3;1-2H3/b21-11+;. The van der Waals surface area contributed by atoms with Crippen molar-refractivity contribution in [2.45, 2.75) is 20.3 Å². The van der Waals surface area contributed by atoms with Gasteiger partial charge in [0.25, 0.3) is 0 Å². The highest BCUT2D eigenvalue weighted by Crippen LogP contribution is 2.40. The molecule has 4 rings (SSSR count). The van der Waals surface area contributed by atoms with Crippen molar-refractivity contribution in [1.29, 1.82) is 0 Å². The molecule has 2 heterocycles. The first-order valence-electron chi connectivity index (χ1n) is 10.8. The number of anilines is 2. The summed E-state index contributed by atoms with van der Waals surface area (Å²) in [5.41, 5.74) is 19.5. The molecule has 2 aromatic carbocycles. The number of hydrogen-bond acceptors (Lipinski definition) is 7. The maximum atomic E-state index is 6.34. The molecule has 0 unspecified atom stereocenters. The quantitative estimate of drug-likeness (QED) is 0.692. The van der Waals surface area contributed by atoms with Crippen LogP contribution >= 0.6 is 0 Å². The lowest BCUT2D eigenvalue weighted by atomic mass is 10.0. The molecule has 0 saturated heterocycles. The molecule has 4 N–H and O–H groups in total. The summed E-state index contributed by atoms with van der Waals surface area (Å²) in [4.78, 5) is 8.59.